The third kappa shape index (κ3) is 5.17. The van der Waals surface area contributed by atoms with Crippen molar-refractivity contribution in [3.8, 4) is 0 Å². The summed E-state index contributed by atoms with van der Waals surface area (Å²) < 4.78 is 5.23. The number of anilines is 1. The molecule has 0 unspecified atom stereocenters. The van der Waals surface area contributed by atoms with Crippen LogP contribution in [-0.4, -0.2) is 59.2 Å². The highest BCUT2D eigenvalue weighted by atomic mass is 32.2. The van der Waals surface area contributed by atoms with Gasteiger partial charge in [0.1, 0.15) is 5.25 Å². The Labute approximate surface area is 162 Å². The molecule has 1 aromatic rings. The monoisotopic (exact) mass is 389 g/mol. The molecule has 2 heterocycles. The van der Waals surface area contributed by atoms with Crippen LogP contribution in [0.15, 0.2) is 23.2 Å². The standard InChI is InChI=1S/C19H23N3O4S/c1-12-3-4-13(2)14(9-12)20-16(23)10-15-19(25)21-17(27-15)11-18(24)22-5-7-26-8-6-22/h3-4,9,15H,5-8,10-11H2,1-2H3,(H,20,23)/t15-/m0/s1. The van der Waals surface area contributed by atoms with Crippen LogP contribution in [0.4, 0.5) is 5.69 Å². The van der Waals surface area contributed by atoms with Gasteiger partial charge in [0.2, 0.25) is 11.8 Å². The molecule has 7 nitrogen and oxygen atoms in total. The minimum absolute atomic E-state index is 0.0373. The summed E-state index contributed by atoms with van der Waals surface area (Å²) in [4.78, 5) is 42.4. The van der Waals surface area contributed by atoms with Gasteiger partial charge in [-0.1, -0.05) is 23.9 Å². The molecule has 2 aliphatic rings. The van der Waals surface area contributed by atoms with Crippen LogP contribution in [0, 0.1) is 13.8 Å². The van der Waals surface area contributed by atoms with Gasteiger partial charge < -0.3 is 15.0 Å². The first-order valence-corrected chi connectivity index (χ1v) is 9.81. The predicted octanol–water partition coefficient (Wildman–Crippen LogP) is 1.92. The number of carbonyl (C=O) groups excluding carboxylic acids is 3. The van der Waals surface area contributed by atoms with Crippen molar-refractivity contribution < 1.29 is 19.1 Å². The normalized spacial score (nSPS) is 19.8. The van der Waals surface area contributed by atoms with E-state index >= 15 is 0 Å². The number of ether oxygens (including phenoxy) is 1. The Hall–Kier alpha value is -2.19. The fourth-order valence-electron chi connectivity index (χ4n) is 2.94. The molecule has 1 N–H and O–H groups in total. The Morgan fingerprint density at radius 3 is 2.78 bits per heavy atom. The van der Waals surface area contributed by atoms with E-state index in [9.17, 15) is 14.4 Å². The lowest BCUT2D eigenvalue weighted by Crippen LogP contribution is -2.41. The molecule has 2 aliphatic heterocycles. The van der Waals surface area contributed by atoms with Crippen LogP contribution in [0.25, 0.3) is 0 Å². The van der Waals surface area contributed by atoms with Crippen molar-refractivity contribution in [3.63, 3.8) is 0 Å². The minimum Gasteiger partial charge on any atom is -0.378 e. The van der Waals surface area contributed by atoms with Gasteiger partial charge in [0, 0.05) is 25.2 Å². The van der Waals surface area contributed by atoms with Gasteiger partial charge in [-0.05, 0) is 31.0 Å². The van der Waals surface area contributed by atoms with E-state index in [0.29, 0.717) is 31.3 Å². The second-order valence-corrected chi connectivity index (χ2v) is 7.97. The van der Waals surface area contributed by atoms with Gasteiger partial charge in [0.05, 0.1) is 24.7 Å². The number of aryl methyl sites for hydroxylation is 2. The van der Waals surface area contributed by atoms with Crippen LogP contribution < -0.4 is 5.32 Å². The molecule has 1 aromatic carbocycles. The molecule has 1 saturated heterocycles. The molecule has 1 fully saturated rings. The van der Waals surface area contributed by atoms with Gasteiger partial charge in [0.25, 0.3) is 5.91 Å². The van der Waals surface area contributed by atoms with Crippen molar-refractivity contribution in [1.29, 1.82) is 0 Å². The Kier molecular flexibility index (Phi) is 6.28. The number of morpholine rings is 1. The number of hydrogen-bond acceptors (Lipinski definition) is 5. The van der Waals surface area contributed by atoms with Crippen molar-refractivity contribution >= 4 is 40.2 Å². The van der Waals surface area contributed by atoms with Crippen LogP contribution in [-0.2, 0) is 19.1 Å². The predicted molar refractivity (Wildman–Crippen MR) is 105 cm³/mol. The number of hydrogen-bond donors (Lipinski definition) is 1. The summed E-state index contributed by atoms with van der Waals surface area (Å²) in [6.45, 7) is 6.07. The second-order valence-electron chi connectivity index (χ2n) is 6.69. The molecule has 0 aromatic heterocycles. The first kappa shape index (κ1) is 19.6. The largest absolute Gasteiger partial charge is 0.378 e. The Morgan fingerprint density at radius 1 is 1.30 bits per heavy atom. The van der Waals surface area contributed by atoms with E-state index in [4.69, 9.17) is 4.74 Å². The number of benzene rings is 1. The molecule has 0 radical (unpaired) electrons. The smallest absolute Gasteiger partial charge is 0.260 e. The summed E-state index contributed by atoms with van der Waals surface area (Å²) in [7, 11) is 0. The Bertz CT molecular complexity index is 787. The summed E-state index contributed by atoms with van der Waals surface area (Å²) in [5, 5.41) is 2.78. The van der Waals surface area contributed by atoms with Crippen LogP contribution >= 0.6 is 11.8 Å². The molecule has 0 spiro atoms. The van der Waals surface area contributed by atoms with E-state index in [2.05, 4.69) is 10.3 Å². The van der Waals surface area contributed by atoms with E-state index in [1.54, 1.807) is 4.90 Å². The molecule has 144 valence electrons. The number of aliphatic imine (C=N–C) groups is 1. The van der Waals surface area contributed by atoms with Gasteiger partial charge >= 0.3 is 0 Å². The maximum atomic E-state index is 12.3. The Morgan fingerprint density at radius 2 is 2.04 bits per heavy atom. The quantitative estimate of drug-likeness (QED) is 0.831. The number of amides is 3. The van der Waals surface area contributed by atoms with E-state index in [1.807, 2.05) is 32.0 Å². The van der Waals surface area contributed by atoms with E-state index < -0.39 is 5.25 Å². The molecular weight excluding hydrogens is 366 g/mol. The highest BCUT2D eigenvalue weighted by Gasteiger charge is 2.32. The molecule has 1 atom stereocenters. The van der Waals surface area contributed by atoms with Gasteiger partial charge in [-0.2, -0.15) is 0 Å². The van der Waals surface area contributed by atoms with Crippen molar-refractivity contribution in [3.05, 3.63) is 29.3 Å². The van der Waals surface area contributed by atoms with Gasteiger partial charge in [-0.3, -0.25) is 14.4 Å². The summed E-state index contributed by atoms with van der Waals surface area (Å²) in [6, 6.07) is 5.82. The molecule has 0 saturated carbocycles. The lowest BCUT2D eigenvalue weighted by molar-refractivity contribution is -0.133. The summed E-state index contributed by atoms with van der Waals surface area (Å²) in [5.41, 5.74) is 2.76. The van der Waals surface area contributed by atoms with Crippen LogP contribution in [0.1, 0.15) is 24.0 Å². The van der Waals surface area contributed by atoms with E-state index in [-0.39, 0.29) is 30.6 Å². The third-order valence-electron chi connectivity index (χ3n) is 4.49. The zero-order chi connectivity index (χ0) is 19.4. The van der Waals surface area contributed by atoms with Crippen LogP contribution in [0.3, 0.4) is 0 Å². The average molecular weight is 389 g/mol. The van der Waals surface area contributed by atoms with Crippen molar-refractivity contribution in [2.24, 2.45) is 4.99 Å². The number of rotatable bonds is 5. The fraction of sp³-hybridized carbons (Fsp3) is 0.474. The van der Waals surface area contributed by atoms with Gasteiger partial charge in [-0.25, -0.2) is 4.99 Å². The lowest BCUT2D eigenvalue weighted by Gasteiger charge is -2.26. The van der Waals surface area contributed by atoms with E-state index in [0.717, 1.165) is 16.8 Å². The van der Waals surface area contributed by atoms with E-state index in [1.165, 1.54) is 11.8 Å². The summed E-state index contributed by atoms with van der Waals surface area (Å²) in [6.07, 6.45) is 0.140. The molecular formula is C19H23N3O4S. The summed E-state index contributed by atoms with van der Waals surface area (Å²) in [5.74, 6) is -0.635. The average Bonchev–Trinajstić information content (AvgIpc) is 2.97. The van der Waals surface area contributed by atoms with Crippen molar-refractivity contribution in [2.45, 2.75) is 31.9 Å². The number of nitrogens with zero attached hydrogens (tertiary/aromatic N) is 2. The molecule has 8 heteroatoms. The highest BCUT2D eigenvalue weighted by Crippen LogP contribution is 2.28. The SMILES string of the molecule is Cc1ccc(C)c(NC(=O)C[C@@H]2SC(CC(=O)N3CCOCC3)=NC2=O)c1. The second kappa shape index (κ2) is 8.67. The molecule has 0 aliphatic carbocycles. The number of thioether (sulfide) groups is 1. The highest BCUT2D eigenvalue weighted by molar-refractivity contribution is 8.15. The topological polar surface area (TPSA) is 88.1 Å². The number of carbonyl (C=O) groups is 3. The first-order chi connectivity index (χ1) is 12.9. The molecule has 3 rings (SSSR count). The van der Waals surface area contributed by atoms with Gasteiger partial charge in [0.15, 0.2) is 0 Å². The minimum atomic E-state index is -0.567. The number of nitrogens with one attached hydrogen (secondary N) is 1. The zero-order valence-electron chi connectivity index (χ0n) is 15.5. The Balaban J connectivity index is 1.52. The van der Waals surface area contributed by atoms with Crippen LogP contribution in [0.5, 0.6) is 0 Å². The molecule has 27 heavy (non-hydrogen) atoms. The molecule has 0 bridgehead atoms. The third-order valence-corrected chi connectivity index (χ3v) is 5.65. The molecule has 3 amide bonds. The van der Waals surface area contributed by atoms with Crippen molar-refractivity contribution in [1.82, 2.24) is 4.90 Å². The fourth-order valence-corrected chi connectivity index (χ4v) is 4.01. The summed E-state index contributed by atoms with van der Waals surface area (Å²) >= 11 is 1.22. The zero-order valence-corrected chi connectivity index (χ0v) is 16.3. The van der Waals surface area contributed by atoms with Gasteiger partial charge in [-0.15, -0.1) is 0 Å². The van der Waals surface area contributed by atoms with Crippen LogP contribution in [0.2, 0.25) is 0 Å². The maximum Gasteiger partial charge on any atom is 0.260 e. The van der Waals surface area contributed by atoms with Crippen molar-refractivity contribution in [2.75, 3.05) is 31.6 Å². The maximum absolute atomic E-state index is 12.3. The lowest BCUT2D eigenvalue weighted by atomic mass is 10.1. The first-order valence-electron chi connectivity index (χ1n) is 8.93.